The standard InChI is InChI=1S/C15H15NO3S/c1-11(17)19-10-15-8-5-9-18-14(15)20-13(16-15)12-6-3-2-4-7-12/h2-8,14H,9-10H2,1H3. The zero-order valence-electron chi connectivity index (χ0n) is 11.1. The highest BCUT2D eigenvalue weighted by atomic mass is 32.2. The summed E-state index contributed by atoms with van der Waals surface area (Å²) in [5.74, 6) is -0.301. The minimum absolute atomic E-state index is 0.137. The predicted molar refractivity (Wildman–Crippen MR) is 78.8 cm³/mol. The highest BCUT2D eigenvalue weighted by molar-refractivity contribution is 8.15. The number of carbonyl (C=O) groups excluding carboxylic acids is 1. The summed E-state index contributed by atoms with van der Waals surface area (Å²) in [4.78, 5) is 15.9. The Balaban J connectivity index is 1.91. The second kappa shape index (κ2) is 5.42. The average molecular weight is 289 g/mol. The summed E-state index contributed by atoms with van der Waals surface area (Å²) >= 11 is 1.58. The van der Waals surface area contributed by atoms with Gasteiger partial charge in [-0.2, -0.15) is 0 Å². The second-order valence-electron chi connectivity index (χ2n) is 4.74. The maximum Gasteiger partial charge on any atom is 0.302 e. The fourth-order valence-electron chi connectivity index (χ4n) is 2.24. The molecule has 104 valence electrons. The van der Waals surface area contributed by atoms with Crippen LogP contribution in [0.15, 0.2) is 47.5 Å². The molecule has 0 amide bonds. The van der Waals surface area contributed by atoms with E-state index in [1.165, 1.54) is 6.92 Å². The van der Waals surface area contributed by atoms with Crippen LogP contribution in [0.2, 0.25) is 0 Å². The summed E-state index contributed by atoms with van der Waals surface area (Å²) in [6.45, 7) is 2.19. The van der Waals surface area contributed by atoms with E-state index >= 15 is 0 Å². The molecule has 3 rings (SSSR count). The molecule has 0 fully saturated rings. The first-order valence-corrected chi connectivity index (χ1v) is 7.32. The van der Waals surface area contributed by atoms with E-state index < -0.39 is 5.54 Å². The Morgan fingerprint density at radius 3 is 3.05 bits per heavy atom. The number of benzene rings is 1. The Hall–Kier alpha value is -1.59. The number of esters is 1. The molecule has 1 aromatic carbocycles. The van der Waals surface area contributed by atoms with Crippen LogP contribution in [0.25, 0.3) is 0 Å². The summed E-state index contributed by atoms with van der Waals surface area (Å²) in [5, 5.41) is 0.925. The number of nitrogens with zero attached hydrogens (tertiary/aromatic N) is 1. The van der Waals surface area contributed by atoms with Gasteiger partial charge < -0.3 is 9.47 Å². The molecule has 4 nitrogen and oxygen atoms in total. The quantitative estimate of drug-likeness (QED) is 0.633. The number of hydrogen-bond acceptors (Lipinski definition) is 5. The first-order valence-electron chi connectivity index (χ1n) is 6.44. The fourth-order valence-corrected chi connectivity index (χ4v) is 3.49. The van der Waals surface area contributed by atoms with Crippen LogP contribution in [0, 0.1) is 0 Å². The number of ether oxygens (including phenoxy) is 2. The van der Waals surface area contributed by atoms with Gasteiger partial charge in [0.15, 0.2) is 0 Å². The molecule has 5 heteroatoms. The van der Waals surface area contributed by atoms with Gasteiger partial charge in [0.1, 0.15) is 22.6 Å². The lowest BCUT2D eigenvalue weighted by molar-refractivity contribution is -0.143. The smallest absolute Gasteiger partial charge is 0.302 e. The first kappa shape index (κ1) is 13.4. The number of thioether (sulfide) groups is 1. The van der Waals surface area contributed by atoms with Gasteiger partial charge in [0, 0.05) is 12.5 Å². The molecule has 2 atom stereocenters. The molecule has 0 N–H and O–H groups in total. The Morgan fingerprint density at radius 1 is 1.50 bits per heavy atom. The van der Waals surface area contributed by atoms with Crippen molar-refractivity contribution in [2.75, 3.05) is 13.2 Å². The van der Waals surface area contributed by atoms with Crippen molar-refractivity contribution in [1.29, 1.82) is 0 Å². The van der Waals surface area contributed by atoms with E-state index in [2.05, 4.69) is 0 Å². The van der Waals surface area contributed by atoms with Gasteiger partial charge in [0.25, 0.3) is 0 Å². The van der Waals surface area contributed by atoms with Crippen LogP contribution in [0.1, 0.15) is 12.5 Å². The Kier molecular flexibility index (Phi) is 3.63. The highest BCUT2D eigenvalue weighted by Crippen LogP contribution is 2.41. The van der Waals surface area contributed by atoms with Gasteiger partial charge in [-0.15, -0.1) is 0 Å². The molecular formula is C15H15NO3S. The molecule has 0 aromatic heterocycles. The van der Waals surface area contributed by atoms with Crippen molar-refractivity contribution in [3.63, 3.8) is 0 Å². The van der Waals surface area contributed by atoms with Crippen LogP contribution >= 0.6 is 11.8 Å². The largest absolute Gasteiger partial charge is 0.463 e. The molecule has 2 unspecified atom stereocenters. The second-order valence-corrected chi connectivity index (χ2v) is 5.79. The van der Waals surface area contributed by atoms with Crippen LogP contribution < -0.4 is 0 Å². The van der Waals surface area contributed by atoms with Crippen LogP contribution in [0.5, 0.6) is 0 Å². The molecule has 0 saturated heterocycles. The summed E-state index contributed by atoms with van der Waals surface area (Å²) in [6, 6.07) is 9.98. The van der Waals surface area contributed by atoms with Gasteiger partial charge >= 0.3 is 5.97 Å². The van der Waals surface area contributed by atoms with E-state index in [9.17, 15) is 4.79 Å². The van der Waals surface area contributed by atoms with Crippen molar-refractivity contribution in [1.82, 2.24) is 0 Å². The minimum atomic E-state index is -0.597. The molecule has 2 aliphatic heterocycles. The zero-order valence-corrected chi connectivity index (χ0v) is 11.9. The summed E-state index contributed by atoms with van der Waals surface area (Å²) in [6.07, 6.45) is 3.92. The molecule has 2 aliphatic rings. The summed E-state index contributed by atoms with van der Waals surface area (Å²) in [7, 11) is 0. The molecule has 2 heterocycles. The molecule has 20 heavy (non-hydrogen) atoms. The van der Waals surface area contributed by atoms with Crippen molar-refractivity contribution in [2.24, 2.45) is 4.99 Å². The third-order valence-corrected chi connectivity index (χ3v) is 4.52. The molecule has 0 saturated carbocycles. The van der Waals surface area contributed by atoms with E-state index in [1.807, 2.05) is 42.5 Å². The number of rotatable bonds is 3. The topological polar surface area (TPSA) is 47.9 Å². The van der Waals surface area contributed by atoms with Crippen molar-refractivity contribution in [3.8, 4) is 0 Å². The maximum absolute atomic E-state index is 11.1. The van der Waals surface area contributed by atoms with Gasteiger partial charge in [-0.3, -0.25) is 9.79 Å². The molecule has 0 spiro atoms. The Morgan fingerprint density at radius 2 is 2.30 bits per heavy atom. The molecule has 0 radical (unpaired) electrons. The van der Waals surface area contributed by atoms with E-state index in [1.54, 1.807) is 11.8 Å². The summed E-state index contributed by atoms with van der Waals surface area (Å²) < 4.78 is 10.9. The van der Waals surface area contributed by atoms with Crippen molar-refractivity contribution >= 4 is 22.8 Å². The third-order valence-electron chi connectivity index (χ3n) is 3.21. The number of aliphatic imine (C=N–C) groups is 1. The lowest BCUT2D eigenvalue weighted by Crippen LogP contribution is -2.43. The van der Waals surface area contributed by atoms with Crippen molar-refractivity contribution < 1.29 is 14.3 Å². The fraction of sp³-hybridized carbons (Fsp3) is 0.333. The zero-order chi connectivity index (χ0) is 14.0. The molecule has 0 aliphatic carbocycles. The van der Waals surface area contributed by atoms with E-state index in [0.29, 0.717) is 6.61 Å². The van der Waals surface area contributed by atoms with E-state index in [4.69, 9.17) is 14.5 Å². The van der Waals surface area contributed by atoms with Gasteiger partial charge in [0.2, 0.25) is 0 Å². The maximum atomic E-state index is 11.1. The average Bonchev–Trinajstić information content (AvgIpc) is 2.86. The van der Waals surface area contributed by atoms with Crippen LogP contribution in [-0.4, -0.2) is 35.2 Å². The van der Waals surface area contributed by atoms with Crippen LogP contribution in [0.4, 0.5) is 0 Å². The molecule has 0 bridgehead atoms. The van der Waals surface area contributed by atoms with Gasteiger partial charge in [-0.05, 0) is 0 Å². The van der Waals surface area contributed by atoms with Gasteiger partial charge in [0.05, 0.1) is 6.61 Å². The van der Waals surface area contributed by atoms with Crippen molar-refractivity contribution in [3.05, 3.63) is 48.0 Å². The number of fused-ring (bicyclic) bond motifs is 1. The normalized spacial score (nSPS) is 27.9. The minimum Gasteiger partial charge on any atom is -0.463 e. The molecular weight excluding hydrogens is 274 g/mol. The van der Waals surface area contributed by atoms with E-state index in [-0.39, 0.29) is 18.0 Å². The number of hydrogen-bond donors (Lipinski definition) is 0. The van der Waals surface area contributed by atoms with E-state index in [0.717, 1.165) is 10.6 Å². The molecule has 1 aromatic rings. The summed E-state index contributed by atoms with van der Waals surface area (Å²) in [5.41, 5.74) is 0.327. The van der Waals surface area contributed by atoms with Crippen LogP contribution in [-0.2, 0) is 14.3 Å². The van der Waals surface area contributed by atoms with Crippen LogP contribution in [0.3, 0.4) is 0 Å². The number of carbonyl (C=O) groups is 1. The third kappa shape index (κ3) is 2.51. The SMILES string of the molecule is CC(=O)OCC12C=CCOC1SC(c1ccccc1)=N2. The Bertz CT molecular complexity index is 570. The lowest BCUT2D eigenvalue weighted by Gasteiger charge is -2.31. The van der Waals surface area contributed by atoms with Gasteiger partial charge in [-0.25, -0.2) is 0 Å². The lowest BCUT2D eigenvalue weighted by atomic mass is 10.0. The van der Waals surface area contributed by atoms with Gasteiger partial charge in [-0.1, -0.05) is 54.2 Å². The van der Waals surface area contributed by atoms with Crippen molar-refractivity contribution in [2.45, 2.75) is 17.9 Å². The predicted octanol–water partition coefficient (Wildman–Crippen LogP) is 2.39. The Labute approximate surface area is 121 Å². The highest BCUT2D eigenvalue weighted by Gasteiger charge is 2.46. The monoisotopic (exact) mass is 289 g/mol. The first-order chi connectivity index (χ1) is 9.70.